The molecule has 32 heavy (non-hydrogen) atoms. The minimum Gasteiger partial charge on any atom is -0.490 e. The number of carbonyl (C=O) groups excluding carboxylic acids is 2. The lowest BCUT2D eigenvalue weighted by Crippen LogP contribution is -2.53. The van der Waals surface area contributed by atoms with Crippen LogP contribution in [0.5, 0.6) is 5.75 Å². The summed E-state index contributed by atoms with van der Waals surface area (Å²) in [7, 11) is 1.71. The summed E-state index contributed by atoms with van der Waals surface area (Å²) in [5, 5.41) is 14.5. The SMILES string of the molecule is CN1C(=O)c2cc(NC(=O)Nc3ccccc3)ccc2OC[C@@H]2O[C@@H](CC(=O)O)CC[C@H]21. The first-order valence-electron chi connectivity index (χ1n) is 10.4. The molecule has 2 aromatic carbocycles. The number of ether oxygens (including phenoxy) is 2. The zero-order valence-corrected chi connectivity index (χ0v) is 17.6. The number of carbonyl (C=O) groups is 3. The maximum absolute atomic E-state index is 13.2. The predicted octanol–water partition coefficient (Wildman–Crippen LogP) is 3.19. The van der Waals surface area contributed by atoms with Gasteiger partial charge in [0.2, 0.25) is 0 Å². The van der Waals surface area contributed by atoms with Crippen molar-refractivity contribution in [2.24, 2.45) is 0 Å². The molecule has 3 amide bonds. The molecule has 0 radical (unpaired) electrons. The van der Waals surface area contributed by atoms with E-state index in [1.165, 1.54) is 0 Å². The van der Waals surface area contributed by atoms with Crippen molar-refractivity contribution in [2.45, 2.75) is 37.5 Å². The fourth-order valence-electron chi connectivity index (χ4n) is 4.11. The number of carboxylic acid groups (broad SMARTS) is 1. The van der Waals surface area contributed by atoms with Crippen molar-refractivity contribution in [2.75, 3.05) is 24.3 Å². The highest BCUT2D eigenvalue weighted by Crippen LogP contribution is 2.32. The number of urea groups is 1. The molecule has 9 nitrogen and oxygen atoms in total. The summed E-state index contributed by atoms with van der Waals surface area (Å²) in [6, 6.07) is 13.3. The molecule has 1 saturated heterocycles. The van der Waals surface area contributed by atoms with E-state index in [1.807, 2.05) is 18.2 Å². The van der Waals surface area contributed by atoms with Crippen LogP contribution in [-0.2, 0) is 9.53 Å². The summed E-state index contributed by atoms with van der Waals surface area (Å²) in [5.41, 5.74) is 1.46. The Balaban J connectivity index is 1.49. The highest BCUT2D eigenvalue weighted by Gasteiger charge is 2.39. The van der Waals surface area contributed by atoms with E-state index in [2.05, 4.69) is 10.6 Å². The third-order valence-corrected chi connectivity index (χ3v) is 5.70. The van der Waals surface area contributed by atoms with Crippen LogP contribution in [0.15, 0.2) is 48.5 Å². The van der Waals surface area contributed by atoms with E-state index in [4.69, 9.17) is 14.6 Å². The van der Waals surface area contributed by atoms with E-state index in [9.17, 15) is 14.4 Å². The van der Waals surface area contributed by atoms with Gasteiger partial charge >= 0.3 is 12.0 Å². The van der Waals surface area contributed by atoms with Crippen molar-refractivity contribution in [3.05, 3.63) is 54.1 Å². The van der Waals surface area contributed by atoms with E-state index in [0.29, 0.717) is 35.5 Å². The molecule has 9 heteroatoms. The number of likely N-dealkylation sites (N-methyl/N-ethyl adjacent to an activating group) is 1. The Morgan fingerprint density at radius 3 is 2.59 bits per heavy atom. The van der Waals surface area contributed by atoms with Gasteiger partial charge in [-0.1, -0.05) is 18.2 Å². The summed E-state index contributed by atoms with van der Waals surface area (Å²) in [4.78, 5) is 38.2. The van der Waals surface area contributed by atoms with E-state index in [1.54, 1.807) is 42.3 Å². The standard InChI is InChI=1S/C23H25N3O6/c1-26-18-9-8-16(12-21(27)28)32-20(18)13-31-19-10-7-15(11-17(19)22(26)29)25-23(30)24-14-5-3-2-4-6-14/h2-7,10-11,16,18,20H,8-9,12-13H2,1H3,(H,27,28)(H2,24,25,30)/t16-,18-,20+/m1/s1. The van der Waals surface area contributed by atoms with Crippen LogP contribution in [0.1, 0.15) is 29.6 Å². The second-order valence-electron chi connectivity index (χ2n) is 7.92. The van der Waals surface area contributed by atoms with Crippen LogP contribution in [0.3, 0.4) is 0 Å². The maximum Gasteiger partial charge on any atom is 0.323 e. The number of amides is 3. The summed E-state index contributed by atoms with van der Waals surface area (Å²) in [6.07, 6.45) is 0.302. The number of hydrogen-bond donors (Lipinski definition) is 3. The molecular weight excluding hydrogens is 414 g/mol. The Labute approximate surface area is 185 Å². The molecule has 0 saturated carbocycles. The highest BCUT2D eigenvalue weighted by atomic mass is 16.5. The van der Waals surface area contributed by atoms with Crippen molar-refractivity contribution in [1.29, 1.82) is 0 Å². The number of benzene rings is 2. The molecule has 4 rings (SSSR count). The average molecular weight is 439 g/mol. The number of hydrogen-bond acceptors (Lipinski definition) is 5. The summed E-state index contributed by atoms with van der Waals surface area (Å²) in [5.74, 6) is -0.772. The number of nitrogens with zero attached hydrogens (tertiary/aromatic N) is 1. The highest BCUT2D eigenvalue weighted by molar-refractivity contribution is 6.02. The van der Waals surface area contributed by atoms with Gasteiger partial charge in [0.1, 0.15) is 18.5 Å². The van der Waals surface area contributed by atoms with E-state index in [0.717, 1.165) is 0 Å². The van der Waals surface area contributed by atoms with Gasteiger partial charge in [0, 0.05) is 18.4 Å². The number of carboxylic acids is 1. The molecule has 0 spiro atoms. The van der Waals surface area contributed by atoms with Crippen LogP contribution in [-0.4, -0.2) is 59.8 Å². The number of anilines is 2. The van der Waals surface area contributed by atoms with E-state index >= 15 is 0 Å². The van der Waals surface area contributed by atoms with Crippen LogP contribution in [0.25, 0.3) is 0 Å². The van der Waals surface area contributed by atoms with Crippen LogP contribution < -0.4 is 15.4 Å². The summed E-state index contributed by atoms with van der Waals surface area (Å²) in [6.45, 7) is 0.201. The minimum atomic E-state index is -0.911. The van der Waals surface area contributed by atoms with Crippen LogP contribution in [0.4, 0.5) is 16.2 Å². The quantitative estimate of drug-likeness (QED) is 0.674. The van der Waals surface area contributed by atoms with Gasteiger partial charge in [0.25, 0.3) is 5.91 Å². The van der Waals surface area contributed by atoms with Crippen molar-refractivity contribution in [3.63, 3.8) is 0 Å². The second kappa shape index (κ2) is 9.27. The van der Waals surface area contributed by atoms with Crippen molar-refractivity contribution >= 4 is 29.3 Å². The monoisotopic (exact) mass is 439 g/mol. The van der Waals surface area contributed by atoms with Gasteiger partial charge in [-0.2, -0.15) is 0 Å². The molecule has 1 fully saturated rings. The Hall–Kier alpha value is -3.59. The molecule has 3 N–H and O–H groups in total. The molecule has 168 valence electrons. The first-order valence-corrected chi connectivity index (χ1v) is 10.4. The zero-order valence-electron chi connectivity index (χ0n) is 17.6. The van der Waals surface area contributed by atoms with Gasteiger partial charge in [-0.25, -0.2) is 4.79 Å². The molecular formula is C23H25N3O6. The number of nitrogens with one attached hydrogen (secondary N) is 2. The van der Waals surface area contributed by atoms with Crippen molar-refractivity contribution in [3.8, 4) is 5.75 Å². The first-order chi connectivity index (χ1) is 15.4. The van der Waals surface area contributed by atoms with E-state index < -0.39 is 24.2 Å². The van der Waals surface area contributed by atoms with Gasteiger partial charge in [-0.3, -0.25) is 9.59 Å². The van der Waals surface area contributed by atoms with Gasteiger partial charge < -0.3 is 30.1 Å². The molecule has 2 aliphatic rings. The smallest absolute Gasteiger partial charge is 0.323 e. The summed E-state index contributed by atoms with van der Waals surface area (Å²) >= 11 is 0. The van der Waals surface area contributed by atoms with Gasteiger partial charge in [0.05, 0.1) is 24.1 Å². The van der Waals surface area contributed by atoms with Gasteiger partial charge in [-0.05, 0) is 43.2 Å². The number of fused-ring (bicyclic) bond motifs is 2. The largest absolute Gasteiger partial charge is 0.490 e. The molecule has 3 atom stereocenters. The van der Waals surface area contributed by atoms with Crippen molar-refractivity contribution < 1.29 is 29.0 Å². The topological polar surface area (TPSA) is 117 Å². The summed E-state index contributed by atoms with van der Waals surface area (Å²) < 4.78 is 11.8. The van der Waals surface area contributed by atoms with Crippen LogP contribution in [0.2, 0.25) is 0 Å². The Kier molecular flexibility index (Phi) is 6.27. The molecule has 2 aromatic rings. The van der Waals surface area contributed by atoms with Gasteiger partial charge in [0.15, 0.2) is 0 Å². The molecule has 0 bridgehead atoms. The normalized spacial score (nSPS) is 22.5. The number of rotatable bonds is 4. The second-order valence-corrected chi connectivity index (χ2v) is 7.92. The molecule has 2 aliphatic heterocycles. The maximum atomic E-state index is 13.2. The Bertz CT molecular complexity index is 1010. The molecule has 2 heterocycles. The third-order valence-electron chi connectivity index (χ3n) is 5.70. The van der Waals surface area contributed by atoms with Crippen LogP contribution in [0, 0.1) is 0 Å². The average Bonchev–Trinajstić information content (AvgIpc) is 2.77. The van der Waals surface area contributed by atoms with E-state index in [-0.39, 0.29) is 25.0 Å². The number of para-hydroxylation sites is 1. The Morgan fingerprint density at radius 2 is 1.84 bits per heavy atom. The molecule has 0 unspecified atom stereocenters. The predicted molar refractivity (Wildman–Crippen MR) is 117 cm³/mol. The first kappa shape index (κ1) is 21.6. The zero-order chi connectivity index (χ0) is 22.7. The van der Waals surface area contributed by atoms with Gasteiger partial charge in [-0.15, -0.1) is 0 Å². The lowest BCUT2D eigenvalue weighted by molar-refractivity contribution is -0.148. The lowest BCUT2D eigenvalue weighted by atomic mass is 9.94. The fraction of sp³-hybridized carbons (Fsp3) is 0.348. The lowest BCUT2D eigenvalue weighted by Gasteiger charge is -2.42. The third kappa shape index (κ3) is 4.83. The minimum absolute atomic E-state index is 0.0719. The molecule has 0 aliphatic carbocycles. The number of aliphatic carboxylic acids is 1. The fourth-order valence-corrected chi connectivity index (χ4v) is 4.11. The Morgan fingerprint density at radius 1 is 1.09 bits per heavy atom. The van der Waals surface area contributed by atoms with Crippen LogP contribution >= 0.6 is 0 Å². The molecule has 0 aromatic heterocycles. The van der Waals surface area contributed by atoms with Crippen molar-refractivity contribution in [1.82, 2.24) is 4.90 Å².